The number of pyridine rings is 2. The standard InChI is InChI=1S/C19H16N2/c1-2-7-14(8-3-1)16-13-19(18-10-4-5-12-20-18)21-17-11-6-9-15(16)17/h1-5,7-8,10,12-13H,6,9,11H2. The van der Waals surface area contributed by atoms with Crippen LogP contribution in [0.4, 0.5) is 0 Å². The van der Waals surface area contributed by atoms with Gasteiger partial charge in [-0.2, -0.15) is 0 Å². The van der Waals surface area contributed by atoms with Gasteiger partial charge in [-0.1, -0.05) is 36.4 Å². The van der Waals surface area contributed by atoms with Gasteiger partial charge in [-0.25, -0.2) is 0 Å². The summed E-state index contributed by atoms with van der Waals surface area (Å²) in [6, 6.07) is 18.8. The topological polar surface area (TPSA) is 25.8 Å². The molecule has 4 rings (SSSR count). The van der Waals surface area contributed by atoms with Gasteiger partial charge < -0.3 is 0 Å². The summed E-state index contributed by atoms with van der Waals surface area (Å²) in [4.78, 5) is 9.29. The number of fused-ring (bicyclic) bond motifs is 1. The van der Waals surface area contributed by atoms with Crippen molar-refractivity contribution < 1.29 is 0 Å². The SMILES string of the molecule is c1ccc(-c2cc(-c3ccccn3)nc3c2CCC3)cc1. The van der Waals surface area contributed by atoms with E-state index in [0.717, 1.165) is 24.2 Å². The molecule has 2 heteroatoms. The van der Waals surface area contributed by atoms with Crippen LogP contribution in [0, 0.1) is 0 Å². The molecule has 0 atom stereocenters. The van der Waals surface area contributed by atoms with E-state index in [-0.39, 0.29) is 0 Å². The van der Waals surface area contributed by atoms with Gasteiger partial charge in [0, 0.05) is 11.9 Å². The highest BCUT2D eigenvalue weighted by Gasteiger charge is 2.19. The van der Waals surface area contributed by atoms with Crippen LogP contribution in [-0.2, 0) is 12.8 Å². The molecule has 2 heterocycles. The van der Waals surface area contributed by atoms with Crippen molar-refractivity contribution in [2.75, 3.05) is 0 Å². The third kappa shape index (κ3) is 2.23. The van der Waals surface area contributed by atoms with Crippen LogP contribution in [-0.4, -0.2) is 9.97 Å². The molecule has 0 bridgehead atoms. The minimum Gasteiger partial charge on any atom is -0.255 e. The Morgan fingerprint density at radius 2 is 1.67 bits per heavy atom. The fraction of sp³-hybridized carbons (Fsp3) is 0.158. The number of aromatic nitrogens is 2. The summed E-state index contributed by atoms with van der Waals surface area (Å²) in [6.45, 7) is 0. The van der Waals surface area contributed by atoms with E-state index in [1.165, 1.54) is 28.8 Å². The van der Waals surface area contributed by atoms with Gasteiger partial charge in [-0.15, -0.1) is 0 Å². The third-order valence-corrected chi connectivity index (χ3v) is 4.06. The largest absolute Gasteiger partial charge is 0.255 e. The number of hydrogen-bond donors (Lipinski definition) is 0. The van der Waals surface area contributed by atoms with Crippen molar-refractivity contribution in [1.29, 1.82) is 0 Å². The summed E-state index contributed by atoms with van der Waals surface area (Å²) in [5.41, 5.74) is 7.19. The zero-order valence-corrected chi connectivity index (χ0v) is 11.8. The zero-order valence-electron chi connectivity index (χ0n) is 11.8. The summed E-state index contributed by atoms with van der Waals surface area (Å²) in [7, 11) is 0. The predicted molar refractivity (Wildman–Crippen MR) is 84.9 cm³/mol. The zero-order chi connectivity index (χ0) is 14.1. The quantitative estimate of drug-likeness (QED) is 0.695. The highest BCUT2D eigenvalue weighted by molar-refractivity contribution is 5.73. The Morgan fingerprint density at radius 3 is 2.48 bits per heavy atom. The molecular weight excluding hydrogens is 256 g/mol. The van der Waals surface area contributed by atoms with Gasteiger partial charge in [0.15, 0.2) is 0 Å². The third-order valence-electron chi connectivity index (χ3n) is 4.06. The van der Waals surface area contributed by atoms with E-state index < -0.39 is 0 Å². The predicted octanol–water partition coefficient (Wildman–Crippen LogP) is 4.30. The van der Waals surface area contributed by atoms with Crippen LogP contribution in [0.1, 0.15) is 17.7 Å². The van der Waals surface area contributed by atoms with Crippen LogP contribution < -0.4 is 0 Å². The fourth-order valence-electron chi connectivity index (χ4n) is 3.06. The first kappa shape index (κ1) is 12.3. The average molecular weight is 272 g/mol. The molecule has 1 aliphatic carbocycles. The second-order valence-electron chi connectivity index (χ2n) is 5.41. The molecule has 1 aromatic carbocycles. The van der Waals surface area contributed by atoms with Gasteiger partial charge in [-0.05, 0) is 54.2 Å². The first-order valence-corrected chi connectivity index (χ1v) is 7.41. The van der Waals surface area contributed by atoms with Gasteiger partial charge in [0.25, 0.3) is 0 Å². The highest BCUT2D eigenvalue weighted by Crippen LogP contribution is 2.34. The second kappa shape index (κ2) is 5.13. The lowest BCUT2D eigenvalue weighted by molar-refractivity contribution is 0.900. The van der Waals surface area contributed by atoms with Gasteiger partial charge in [0.2, 0.25) is 0 Å². The molecule has 0 amide bonds. The first-order valence-electron chi connectivity index (χ1n) is 7.41. The van der Waals surface area contributed by atoms with Crippen LogP contribution in [0.15, 0.2) is 60.8 Å². The van der Waals surface area contributed by atoms with E-state index in [1.807, 2.05) is 24.4 Å². The molecule has 0 fully saturated rings. The van der Waals surface area contributed by atoms with Crippen molar-refractivity contribution in [3.8, 4) is 22.5 Å². The van der Waals surface area contributed by atoms with Crippen molar-refractivity contribution in [1.82, 2.24) is 9.97 Å². The number of benzene rings is 1. The Labute approximate surface area is 124 Å². The number of hydrogen-bond acceptors (Lipinski definition) is 2. The van der Waals surface area contributed by atoms with Crippen molar-refractivity contribution in [2.45, 2.75) is 19.3 Å². The first-order chi connectivity index (χ1) is 10.4. The van der Waals surface area contributed by atoms with E-state index in [1.54, 1.807) is 0 Å². The average Bonchev–Trinajstić information content (AvgIpc) is 3.04. The van der Waals surface area contributed by atoms with Crippen LogP contribution in [0.3, 0.4) is 0 Å². The molecule has 0 spiro atoms. The van der Waals surface area contributed by atoms with E-state index >= 15 is 0 Å². The normalized spacial score (nSPS) is 13.1. The fourth-order valence-corrected chi connectivity index (χ4v) is 3.06. The van der Waals surface area contributed by atoms with Crippen molar-refractivity contribution in [2.24, 2.45) is 0 Å². The summed E-state index contributed by atoms with van der Waals surface area (Å²) in [5, 5.41) is 0. The number of rotatable bonds is 2. The Bertz CT molecular complexity index is 764. The van der Waals surface area contributed by atoms with Crippen LogP contribution in [0.25, 0.3) is 22.5 Å². The van der Waals surface area contributed by atoms with Gasteiger partial charge in [0.05, 0.1) is 11.4 Å². The Balaban J connectivity index is 1.92. The maximum atomic E-state index is 4.85. The van der Waals surface area contributed by atoms with Crippen LogP contribution in [0.2, 0.25) is 0 Å². The minimum atomic E-state index is 0.949. The summed E-state index contributed by atoms with van der Waals surface area (Å²) in [6.07, 6.45) is 5.24. The van der Waals surface area contributed by atoms with Crippen molar-refractivity contribution in [3.05, 3.63) is 72.1 Å². The van der Waals surface area contributed by atoms with Crippen LogP contribution in [0.5, 0.6) is 0 Å². The van der Waals surface area contributed by atoms with E-state index in [4.69, 9.17) is 4.98 Å². The molecule has 0 unspecified atom stereocenters. The minimum absolute atomic E-state index is 0.949. The Kier molecular flexibility index (Phi) is 3.00. The molecule has 102 valence electrons. The molecule has 2 aromatic heterocycles. The van der Waals surface area contributed by atoms with Gasteiger partial charge in [0.1, 0.15) is 0 Å². The molecule has 21 heavy (non-hydrogen) atoms. The lowest BCUT2D eigenvalue weighted by Gasteiger charge is -2.11. The van der Waals surface area contributed by atoms with Crippen molar-refractivity contribution in [3.63, 3.8) is 0 Å². The lowest BCUT2D eigenvalue weighted by Crippen LogP contribution is -1.96. The summed E-state index contributed by atoms with van der Waals surface area (Å²) in [5.74, 6) is 0. The van der Waals surface area contributed by atoms with E-state index in [0.29, 0.717) is 0 Å². The van der Waals surface area contributed by atoms with Crippen LogP contribution >= 0.6 is 0 Å². The lowest BCUT2D eigenvalue weighted by atomic mass is 9.98. The molecule has 3 aromatic rings. The molecular formula is C19H16N2. The molecule has 1 aliphatic rings. The smallest absolute Gasteiger partial charge is 0.0895 e. The van der Waals surface area contributed by atoms with Gasteiger partial charge >= 0.3 is 0 Å². The summed E-state index contributed by atoms with van der Waals surface area (Å²) < 4.78 is 0. The molecule has 0 aliphatic heterocycles. The number of nitrogens with zero attached hydrogens (tertiary/aromatic N) is 2. The maximum Gasteiger partial charge on any atom is 0.0895 e. The molecule has 0 saturated carbocycles. The Morgan fingerprint density at radius 1 is 0.810 bits per heavy atom. The van der Waals surface area contributed by atoms with E-state index in [2.05, 4.69) is 41.4 Å². The highest BCUT2D eigenvalue weighted by atomic mass is 14.8. The maximum absolute atomic E-state index is 4.85. The molecule has 0 radical (unpaired) electrons. The summed E-state index contributed by atoms with van der Waals surface area (Å²) >= 11 is 0. The molecule has 0 saturated heterocycles. The number of aryl methyl sites for hydroxylation is 1. The van der Waals surface area contributed by atoms with E-state index in [9.17, 15) is 0 Å². The molecule has 2 nitrogen and oxygen atoms in total. The Hall–Kier alpha value is -2.48. The van der Waals surface area contributed by atoms with Gasteiger partial charge in [-0.3, -0.25) is 9.97 Å². The molecule has 0 N–H and O–H groups in total. The second-order valence-corrected chi connectivity index (χ2v) is 5.41. The van der Waals surface area contributed by atoms with Crippen molar-refractivity contribution >= 4 is 0 Å². The monoisotopic (exact) mass is 272 g/mol.